The number of nitrogens with zero attached hydrogens (tertiary/aromatic N) is 1. The Hall–Kier alpha value is -2.50. The van der Waals surface area contributed by atoms with Gasteiger partial charge in [-0.05, 0) is 113 Å². The molecule has 40 heavy (non-hydrogen) atoms. The molecule has 4 unspecified atom stereocenters. The van der Waals surface area contributed by atoms with Gasteiger partial charge in [-0.15, -0.1) is 0 Å². The lowest BCUT2D eigenvalue weighted by atomic mass is 9.68. The smallest absolute Gasteiger partial charge is 0.338 e. The van der Waals surface area contributed by atoms with Crippen LogP contribution in [0.4, 0.5) is 5.69 Å². The predicted molar refractivity (Wildman–Crippen MR) is 162 cm³/mol. The minimum atomic E-state index is -0.572. The lowest BCUT2D eigenvalue weighted by Crippen LogP contribution is -2.49. The van der Waals surface area contributed by atoms with E-state index in [0.717, 1.165) is 74.5 Å². The molecule has 2 aromatic carbocycles. The molecule has 1 spiro atoms. The molecule has 0 radical (unpaired) electrons. The summed E-state index contributed by atoms with van der Waals surface area (Å²) in [6, 6.07) is 12.0. The molecule has 0 bridgehead atoms. The molecule has 2 aromatic rings. The van der Waals surface area contributed by atoms with Crippen molar-refractivity contribution in [2.24, 2.45) is 11.8 Å². The number of aryl methyl sites for hydroxylation is 1. The number of aliphatic hydroxyl groups excluding tert-OH is 1. The van der Waals surface area contributed by atoms with Gasteiger partial charge in [-0.1, -0.05) is 43.2 Å². The van der Waals surface area contributed by atoms with E-state index in [1.165, 1.54) is 11.1 Å². The summed E-state index contributed by atoms with van der Waals surface area (Å²) in [6.45, 7) is 9.99. The zero-order valence-electron chi connectivity index (χ0n) is 24.4. The van der Waals surface area contributed by atoms with Gasteiger partial charge in [-0.25, -0.2) is 4.79 Å². The average Bonchev–Trinajstić information content (AvgIpc) is 3.03. The van der Waals surface area contributed by atoms with Crippen molar-refractivity contribution < 1.29 is 19.4 Å². The van der Waals surface area contributed by atoms with Gasteiger partial charge in [0.15, 0.2) is 0 Å². The second kappa shape index (κ2) is 11.8. The van der Waals surface area contributed by atoms with E-state index in [4.69, 9.17) is 21.1 Å². The van der Waals surface area contributed by atoms with Crippen molar-refractivity contribution in [1.82, 2.24) is 0 Å². The zero-order chi connectivity index (χ0) is 28.5. The van der Waals surface area contributed by atoms with Crippen LogP contribution in [0.2, 0.25) is 5.02 Å². The third kappa shape index (κ3) is 6.21. The van der Waals surface area contributed by atoms with Crippen molar-refractivity contribution in [3.63, 3.8) is 0 Å². The molecule has 216 valence electrons. The molecule has 3 aliphatic rings. The van der Waals surface area contributed by atoms with Crippen LogP contribution in [0.25, 0.3) is 0 Å². The Kier molecular flexibility index (Phi) is 8.54. The van der Waals surface area contributed by atoms with Gasteiger partial charge in [0, 0.05) is 23.5 Å². The first-order valence-corrected chi connectivity index (χ1v) is 15.4. The Bertz CT molecular complexity index is 1250. The number of benzene rings is 2. The van der Waals surface area contributed by atoms with Gasteiger partial charge < -0.3 is 19.5 Å². The normalized spacial score (nSPS) is 25.0. The van der Waals surface area contributed by atoms with Crippen molar-refractivity contribution in [2.45, 2.75) is 89.8 Å². The summed E-state index contributed by atoms with van der Waals surface area (Å²) in [5.41, 5.74) is 3.34. The van der Waals surface area contributed by atoms with Crippen LogP contribution in [0.5, 0.6) is 5.75 Å². The lowest BCUT2D eigenvalue weighted by molar-refractivity contribution is 0.00695. The maximum Gasteiger partial charge on any atom is 0.338 e. The second-order valence-corrected chi connectivity index (χ2v) is 13.4. The Labute approximate surface area is 244 Å². The van der Waals surface area contributed by atoms with Gasteiger partial charge in [-0.3, -0.25) is 0 Å². The van der Waals surface area contributed by atoms with Gasteiger partial charge in [0.05, 0.1) is 24.0 Å². The molecule has 2 aliphatic carbocycles. The van der Waals surface area contributed by atoms with Crippen LogP contribution in [-0.4, -0.2) is 42.5 Å². The number of esters is 1. The van der Waals surface area contributed by atoms with Crippen LogP contribution < -0.4 is 9.64 Å². The van der Waals surface area contributed by atoms with Crippen molar-refractivity contribution in [2.75, 3.05) is 24.6 Å². The topological polar surface area (TPSA) is 59.0 Å². The fraction of sp³-hybridized carbons (Fsp3) is 0.559. The summed E-state index contributed by atoms with van der Waals surface area (Å²) >= 11 is 6.40. The summed E-state index contributed by atoms with van der Waals surface area (Å²) in [7, 11) is 0. The predicted octanol–water partition coefficient (Wildman–Crippen LogP) is 7.51. The van der Waals surface area contributed by atoms with E-state index in [1.54, 1.807) is 0 Å². The van der Waals surface area contributed by atoms with Crippen LogP contribution in [0.15, 0.2) is 48.6 Å². The third-order valence-electron chi connectivity index (χ3n) is 8.83. The number of halogens is 1. The number of ether oxygens (including phenoxy) is 2. The highest BCUT2D eigenvalue weighted by molar-refractivity contribution is 6.30. The van der Waals surface area contributed by atoms with Crippen molar-refractivity contribution in [3.8, 4) is 5.75 Å². The highest BCUT2D eigenvalue weighted by atomic mass is 35.5. The molecule has 4 atom stereocenters. The van der Waals surface area contributed by atoms with Crippen molar-refractivity contribution >= 4 is 23.3 Å². The number of aliphatic hydroxyl groups is 1. The van der Waals surface area contributed by atoms with Crippen molar-refractivity contribution in [3.05, 3.63) is 70.3 Å². The minimum Gasteiger partial charge on any atom is -0.490 e. The standard InChI is InChI=1S/C34H44ClNO4/c1-5-6-7-10-30(37)27-14-11-25(27)20-36-21-34(17-8-9-23-18-26(35)13-15-28(23)34)22-39-31-16-12-24(19-29(31)36)32(38)40-33(2,3)4/h7,10,12-13,15-16,18-19,25,27,30,37H,5-6,8-9,11,14,17,20-22H2,1-4H3/b10-7+. The minimum absolute atomic E-state index is 0.178. The molecule has 1 saturated carbocycles. The van der Waals surface area contributed by atoms with Crippen LogP contribution >= 0.6 is 11.6 Å². The lowest BCUT2D eigenvalue weighted by Gasteiger charge is -2.45. The number of unbranched alkanes of at least 4 members (excludes halogenated alkanes) is 1. The van der Waals surface area contributed by atoms with Crippen LogP contribution in [-0.2, 0) is 16.6 Å². The van der Waals surface area contributed by atoms with E-state index >= 15 is 0 Å². The fourth-order valence-corrected chi connectivity index (χ4v) is 6.87. The van der Waals surface area contributed by atoms with Gasteiger partial charge in [0.1, 0.15) is 11.4 Å². The third-order valence-corrected chi connectivity index (χ3v) is 9.07. The molecular formula is C34H44ClNO4. The number of allylic oxidation sites excluding steroid dienone is 1. The molecular weight excluding hydrogens is 522 g/mol. The first-order valence-electron chi connectivity index (χ1n) is 15.0. The quantitative estimate of drug-likeness (QED) is 0.278. The summed E-state index contributed by atoms with van der Waals surface area (Å²) in [4.78, 5) is 15.5. The molecule has 0 aromatic heterocycles. The fourth-order valence-electron chi connectivity index (χ4n) is 6.68. The van der Waals surface area contributed by atoms with Crippen LogP contribution in [0.1, 0.15) is 87.7 Å². The number of hydrogen-bond acceptors (Lipinski definition) is 5. The van der Waals surface area contributed by atoms with Gasteiger partial charge in [0.2, 0.25) is 0 Å². The molecule has 0 amide bonds. The van der Waals surface area contributed by atoms with E-state index in [9.17, 15) is 9.90 Å². The summed E-state index contributed by atoms with van der Waals surface area (Å²) in [5.74, 6) is 1.07. The van der Waals surface area contributed by atoms with Gasteiger partial charge >= 0.3 is 5.97 Å². The number of carbonyl (C=O) groups is 1. The maximum atomic E-state index is 13.1. The van der Waals surface area contributed by atoms with E-state index in [0.29, 0.717) is 18.1 Å². The molecule has 1 aliphatic heterocycles. The highest BCUT2D eigenvalue weighted by Crippen LogP contribution is 2.46. The number of hydrogen-bond donors (Lipinski definition) is 1. The first kappa shape index (κ1) is 29.0. The van der Waals surface area contributed by atoms with Gasteiger partial charge in [-0.2, -0.15) is 0 Å². The molecule has 5 nitrogen and oxygen atoms in total. The molecule has 6 heteroatoms. The summed E-state index contributed by atoms with van der Waals surface area (Å²) in [6.07, 6.45) is 11.0. The maximum absolute atomic E-state index is 13.1. The molecule has 1 N–H and O–H groups in total. The number of fused-ring (bicyclic) bond motifs is 3. The van der Waals surface area contributed by atoms with E-state index in [-0.39, 0.29) is 17.3 Å². The number of carbonyl (C=O) groups excluding carboxylic acids is 1. The molecule has 1 fully saturated rings. The second-order valence-electron chi connectivity index (χ2n) is 13.0. The van der Waals surface area contributed by atoms with E-state index in [2.05, 4.69) is 30.0 Å². The summed E-state index contributed by atoms with van der Waals surface area (Å²) < 4.78 is 12.3. The SMILES string of the molecule is CCC/C=C/C(O)C1CCC1CN1CC2(CCCc3cc(Cl)ccc32)COc2ccc(C(=O)OC(C)(C)C)cc21. The van der Waals surface area contributed by atoms with E-state index < -0.39 is 11.7 Å². The van der Waals surface area contributed by atoms with Crippen molar-refractivity contribution in [1.29, 1.82) is 0 Å². The molecule has 5 rings (SSSR count). The number of rotatable bonds is 7. The largest absolute Gasteiger partial charge is 0.490 e. The first-order chi connectivity index (χ1) is 19.1. The van der Waals surface area contributed by atoms with E-state index in [1.807, 2.05) is 51.1 Å². The monoisotopic (exact) mass is 565 g/mol. The summed E-state index contributed by atoms with van der Waals surface area (Å²) in [5, 5.41) is 11.7. The van der Waals surface area contributed by atoms with Crippen LogP contribution in [0.3, 0.4) is 0 Å². The average molecular weight is 566 g/mol. The Balaban J connectivity index is 1.49. The molecule has 1 heterocycles. The Morgan fingerprint density at radius 2 is 2.08 bits per heavy atom. The Morgan fingerprint density at radius 1 is 1.25 bits per heavy atom. The Morgan fingerprint density at radius 3 is 2.80 bits per heavy atom. The zero-order valence-corrected chi connectivity index (χ0v) is 25.2. The highest BCUT2D eigenvalue weighted by Gasteiger charge is 2.44. The number of anilines is 1. The van der Waals surface area contributed by atoms with Crippen LogP contribution in [0, 0.1) is 11.8 Å². The molecule has 0 saturated heterocycles. The van der Waals surface area contributed by atoms with Gasteiger partial charge in [0.25, 0.3) is 0 Å².